The zero-order valence-corrected chi connectivity index (χ0v) is 12.5. The first-order chi connectivity index (χ1) is 10.1. The van der Waals surface area contributed by atoms with Gasteiger partial charge in [-0.15, -0.1) is 0 Å². The van der Waals surface area contributed by atoms with E-state index in [0.29, 0.717) is 17.8 Å². The molecule has 0 bridgehead atoms. The van der Waals surface area contributed by atoms with E-state index in [2.05, 4.69) is 27.0 Å². The fraction of sp³-hybridized carbons (Fsp3) is 0.500. The minimum absolute atomic E-state index is 0.0708. The number of hydrogen-bond acceptors (Lipinski definition) is 4. The molecule has 1 aromatic heterocycles. The monoisotopic (exact) mass is 287 g/mol. The summed E-state index contributed by atoms with van der Waals surface area (Å²) in [5, 5.41) is 11.7. The minimum Gasteiger partial charge on any atom is -0.384 e. The zero-order valence-electron chi connectivity index (χ0n) is 12.5. The van der Waals surface area contributed by atoms with Crippen molar-refractivity contribution in [1.82, 2.24) is 15.2 Å². The number of likely N-dealkylation sites (N-methyl/N-ethyl adjacent to an activating group) is 1. The van der Waals surface area contributed by atoms with E-state index in [-0.39, 0.29) is 18.1 Å². The number of hydrogen-bond donors (Lipinski definition) is 2. The molecule has 0 aromatic carbocycles. The van der Waals surface area contributed by atoms with E-state index < -0.39 is 0 Å². The number of rotatable bonds is 4. The Morgan fingerprint density at radius 2 is 2.29 bits per heavy atom. The maximum Gasteiger partial charge on any atom is 0.271 e. The van der Waals surface area contributed by atoms with Gasteiger partial charge in [-0.2, -0.15) is 0 Å². The van der Waals surface area contributed by atoms with Crippen LogP contribution in [0.5, 0.6) is 0 Å². The van der Waals surface area contributed by atoms with Crippen molar-refractivity contribution in [2.75, 3.05) is 27.2 Å². The van der Waals surface area contributed by atoms with Crippen LogP contribution in [-0.2, 0) is 0 Å². The Bertz CT molecular complexity index is 568. The molecule has 0 radical (unpaired) electrons. The molecule has 2 N–H and O–H groups in total. The molecule has 1 aliphatic rings. The summed E-state index contributed by atoms with van der Waals surface area (Å²) in [6.45, 7) is 0.377. The quantitative estimate of drug-likeness (QED) is 0.798. The lowest BCUT2D eigenvalue weighted by Gasteiger charge is -2.47. The number of amides is 1. The van der Waals surface area contributed by atoms with E-state index in [9.17, 15) is 4.79 Å². The van der Waals surface area contributed by atoms with Crippen LogP contribution in [-0.4, -0.2) is 53.7 Å². The summed E-state index contributed by atoms with van der Waals surface area (Å²) in [6.07, 6.45) is 4.97. The Morgan fingerprint density at radius 1 is 1.52 bits per heavy atom. The summed E-state index contributed by atoms with van der Waals surface area (Å²) in [7, 11) is 4.09. The Kier molecular flexibility index (Phi) is 4.94. The molecule has 1 saturated carbocycles. The lowest BCUT2D eigenvalue weighted by Crippen LogP contribution is -2.57. The molecule has 5 nitrogen and oxygen atoms in total. The molecule has 112 valence electrons. The van der Waals surface area contributed by atoms with Crippen molar-refractivity contribution in [3.8, 4) is 11.8 Å². The van der Waals surface area contributed by atoms with Crippen LogP contribution in [0.15, 0.2) is 18.3 Å². The molecule has 0 spiro atoms. The third-order valence-corrected chi connectivity index (χ3v) is 4.14. The van der Waals surface area contributed by atoms with Crippen molar-refractivity contribution in [2.24, 2.45) is 0 Å². The molecule has 5 heteroatoms. The van der Waals surface area contributed by atoms with Crippen LogP contribution >= 0.6 is 0 Å². The van der Waals surface area contributed by atoms with E-state index >= 15 is 0 Å². The number of aromatic nitrogens is 1. The Balaban J connectivity index is 2.07. The van der Waals surface area contributed by atoms with Crippen LogP contribution in [0, 0.1) is 11.8 Å². The zero-order chi connectivity index (χ0) is 15.3. The van der Waals surface area contributed by atoms with Crippen LogP contribution in [0.4, 0.5) is 0 Å². The molecule has 0 aliphatic heterocycles. The first kappa shape index (κ1) is 15.5. The Hall–Kier alpha value is -1.90. The van der Waals surface area contributed by atoms with Gasteiger partial charge in [0.2, 0.25) is 0 Å². The number of nitrogens with zero attached hydrogens (tertiary/aromatic N) is 2. The van der Waals surface area contributed by atoms with Crippen molar-refractivity contribution in [2.45, 2.75) is 24.8 Å². The van der Waals surface area contributed by atoms with Gasteiger partial charge in [-0.3, -0.25) is 4.79 Å². The first-order valence-electron chi connectivity index (χ1n) is 7.09. The normalized spacial score (nSPS) is 15.8. The maximum absolute atomic E-state index is 12.3. The molecular weight excluding hydrogens is 266 g/mol. The topological polar surface area (TPSA) is 65.5 Å². The van der Waals surface area contributed by atoms with E-state index in [1.165, 1.54) is 6.42 Å². The predicted molar refractivity (Wildman–Crippen MR) is 80.8 cm³/mol. The van der Waals surface area contributed by atoms with Gasteiger partial charge in [-0.1, -0.05) is 11.8 Å². The Morgan fingerprint density at radius 3 is 2.86 bits per heavy atom. The smallest absolute Gasteiger partial charge is 0.271 e. The second-order valence-corrected chi connectivity index (χ2v) is 5.51. The van der Waals surface area contributed by atoms with Gasteiger partial charge >= 0.3 is 0 Å². The summed E-state index contributed by atoms with van der Waals surface area (Å²) in [6, 6.07) is 3.46. The molecule has 0 saturated heterocycles. The summed E-state index contributed by atoms with van der Waals surface area (Å²) in [4.78, 5) is 18.6. The van der Waals surface area contributed by atoms with Gasteiger partial charge in [0.1, 0.15) is 12.3 Å². The number of aliphatic hydroxyl groups is 1. The lowest BCUT2D eigenvalue weighted by molar-refractivity contribution is 0.0556. The highest BCUT2D eigenvalue weighted by Crippen LogP contribution is 2.35. The van der Waals surface area contributed by atoms with Crippen molar-refractivity contribution < 1.29 is 9.90 Å². The van der Waals surface area contributed by atoms with Crippen molar-refractivity contribution in [1.29, 1.82) is 0 Å². The molecule has 1 aromatic rings. The van der Waals surface area contributed by atoms with Crippen LogP contribution in [0.3, 0.4) is 0 Å². The predicted octanol–water partition coefficient (Wildman–Crippen LogP) is 0.639. The SMILES string of the molecule is CN(C)C1(CNC(=O)c2ncccc2C#CCO)CCC1. The largest absolute Gasteiger partial charge is 0.384 e. The molecule has 0 unspecified atom stereocenters. The van der Waals surface area contributed by atoms with E-state index in [4.69, 9.17) is 5.11 Å². The highest BCUT2D eigenvalue weighted by atomic mass is 16.2. The molecule has 21 heavy (non-hydrogen) atoms. The standard InChI is InChI=1S/C16H21N3O2/c1-19(2)16(8-5-9-16)12-18-15(21)14-13(7-4-11-20)6-3-10-17-14/h3,6,10,20H,5,8-9,11-12H2,1-2H3,(H,18,21). The fourth-order valence-electron chi connectivity index (χ4n) is 2.52. The molecule has 1 aliphatic carbocycles. The highest BCUT2D eigenvalue weighted by molar-refractivity contribution is 5.94. The molecule has 2 rings (SSSR count). The molecule has 1 heterocycles. The van der Waals surface area contributed by atoms with Gasteiger partial charge in [0.25, 0.3) is 5.91 Å². The maximum atomic E-state index is 12.3. The van der Waals surface area contributed by atoms with Gasteiger partial charge < -0.3 is 15.3 Å². The number of aliphatic hydroxyl groups excluding tert-OH is 1. The van der Waals surface area contributed by atoms with Crippen LogP contribution in [0.1, 0.15) is 35.3 Å². The lowest BCUT2D eigenvalue weighted by atomic mass is 9.75. The third-order valence-electron chi connectivity index (χ3n) is 4.14. The summed E-state index contributed by atoms with van der Waals surface area (Å²) in [5.41, 5.74) is 0.921. The minimum atomic E-state index is -0.236. The molecule has 1 fully saturated rings. The molecular formula is C16H21N3O2. The second kappa shape index (κ2) is 6.70. The average molecular weight is 287 g/mol. The van der Waals surface area contributed by atoms with Gasteiger partial charge in [-0.25, -0.2) is 4.98 Å². The molecule has 0 atom stereocenters. The van der Waals surface area contributed by atoms with Crippen LogP contribution < -0.4 is 5.32 Å². The summed E-state index contributed by atoms with van der Waals surface area (Å²) >= 11 is 0. The van der Waals surface area contributed by atoms with Gasteiger partial charge in [0.15, 0.2) is 0 Å². The van der Waals surface area contributed by atoms with Crippen molar-refractivity contribution in [3.63, 3.8) is 0 Å². The van der Waals surface area contributed by atoms with E-state index in [0.717, 1.165) is 12.8 Å². The number of carbonyl (C=O) groups is 1. The van der Waals surface area contributed by atoms with Gasteiger partial charge in [0.05, 0.1) is 5.56 Å². The van der Waals surface area contributed by atoms with Gasteiger partial charge in [-0.05, 0) is 45.5 Å². The summed E-state index contributed by atoms with van der Waals surface area (Å²) in [5.74, 6) is 5.09. The fourth-order valence-corrected chi connectivity index (χ4v) is 2.52. The third kappa shape index (κ3) is 3.41. The van der Waals surface area contributed by atoms with E-state index in [1.807, 2.05) is 14.1 Å². The number of pyridine rings is 1. The van der Waals surface area contributed by atoms with Crippen molar-refractivity contribution in [3.05, 3.63) is 29.6 Å². The molecule has 1 amide bonds. The number of carbonyl (C=O) groups excluding carboxylic acids is 1. The second-order valence-electron chi connectivity index (χ2n) is 5.51. The van der Waals surface area contributed by atoms with Gasteiger partial charge in [0, 0.05) is 18.3 Å². The summed E-state index contributed by atoms with van der Waals surface area (Å²) < 4.78 is 0. The van der Waals surface area contributed by atoms with E-state index in [1.54, 1.807) is 18.3 Å². The number of nitrogens with one attached hydrogen (secondary N) is 1. The highest BCUT2D eigenvalue weighted by Gasteiger charge is 2.39. The van der Waals surface area contributed by atoms with Crippen LogP contribution in [0.2, 0.25) is 0 Å². The van der Waals surface area contributed by atoms with Crippen molar-refractivity contribution >= 4 is 5.91 Å². The Labute approximate surface area is 125 Å². The van der Waals surface area contributed by atoms with Crippen LogP contribution in [0.25, 0.3) is 0 Å². The first-order valence-corrected chi connectivity index (χ1v) is 7.09. The average Bonchev–Trinajstić information content (AvgIpc) is 2.43.